The number of ether oxygens (including phenoxy) is 2. The maximum Gasteiger partial charge on any atom is 0.341 e. The van der Waals surface area contributed by atoms with E-state index >= 15 is 0 Å². The van der Waals surface area contributed by atoms with Gasteiger partial charge in [-0.3, -0.25) is 4.79 Å². The molecule has 1 N–H and O–H groups in total. The van der Waals surface area contributed by atoms with Gasteiger partial charge in [-0.05, 0) is 24.6 Å². The van der Waals surface area contributed by atoms with Crippen LogP contribution in [0.4, 0.5) is 0 Å². The van der Waals surface area contributed by atoms with Gasteiger partial charge in [0.25, 0.3) is 5.56 Å². The van der Waals surface area contributed by atoms with Crippen LogP contribution in [-0.2, 0) is 11.3 Å². The van der Waals surface area contributed by atoms with Gasteiger partial charge in [-0.15, -0.1) is 0 Å². The highest BCUT2D eigenvalue weighted by Crippen LogP contribution is 2.19. The third kappa shape index (κ3) is 2.88. The fourth-order valence-corrected chi connectivity index (χ4v) is 2.55. The second-order valence-corrected chi connectivity index (χ2v) is 5.17. The Bertz CT molecular complexity index is 925. The molecule has 1 aromatic carbocycles. The molecule has 0 amide bonds. The van der Waals surface area contributed by atoms with Gasteiger partial charge in [-0.2, -0.15) is 0 Å². The first-order valence-electron chi connectivity index (χ1n) is 7.50. The molecule has 0 unspecified atom stereocenters. The Morgan fingerprint density at radius 3 is 2.71 bits per heavy atom. The normalized spacial score (nSPS) is 10.8. The zero-order valence-corrected chi connectivity index (χ0v) is 13.4. The molecule has 3 aromatic rings. The monoisotopic (exact) mass is 327 g/mol. The van der Waals surface area contributed by atoms with Crippen LogP contribution in [0.1, 0.15) is 22.8 Å². The van der Waals surface area contributed by atoms with E-state index in [4.69, 9.17) is 9.47 Å². The molecule has 2 aromatic heterocycles. The summed E-state index contributed by atoms with van der Waals surface area (Å²) in [6.07, 6.45) is 2.89. The molecule has 0 radical (unpaired) electrons. The van der Waals surface area contributed by atoms with E-state index in [2.05, 4.69) is 9.97 Å². The van der Waals surface area contributed by atoms with Crippen molar-refractivity contribution in [2.24, 2.45) is 0 Å². The van der Waals surface area contributed by atoms with Crippen LogP contribution >= 0.6 is 0 Å². The fraction of sp³-hybridized carbons (Fsp3) is 0.235. The lowest BCUT2D eigenvalue weighted by molar-refractivity contribution is 0.0528. The lowest BCUT2D eigenvalue weighted by Gasteiger charge is -2.06. The van der Waals surface area contributed by atoms with Crippen LogP contribution in [-0.4, -0.2) is 34.2 Å². The molecule has 124 valence electrons. The van der Waals surface area contributed by atoms with E-state index < -0.39 is 5.97 Å². The predicted molar refractivity (Wildman–Crippen MR) is 88.4 cm³/mol. The minimum Gasteiger partial charge on any atom is -0.497 e. The topological polar surface area (TPSA) is 86.2 Å². The van der Waals surface area contributed by atoms with Crippen molar-refractivity contribution in [2.75, 3.05) is 13.7 Å². The summed E-state index contributed by atoms with van der Waals surface area (Å²) in [7, 11) is 1.60. The molecule has 0 saturated heterocycles. The first kappa shape index (κ1) is 15.8. The molecule has 0 aliphatic carbocycles. The van der Waals surface area contributed by atoms with E-state index in [-0.39, 0.29) is 17.7 Å². The number of aromatic amines is 1. The van der Waals surface area contributed by atoms with Crippen LogP contribution < -0.4 is 10.3 Å². The number of nitrogens with zero attached hydrogens (tertiary/aromatic N) is 2. The zero-order valence-electron chi connectivity index (χ0n) is 13.4. The van der Waals surface area contributed by atoms with Gasteiger partial charge in [0.05, 0.1) is 20.0 Å². The molecule has 0 atom stereocenters. The average molecular weight is 327 g/mol. The van der Waals surface area contributed by atoms with Gasteiger partial charge in [-0.25, -0.2) is 9.78 Å². The molecule has 0 spiro atoms. The minimum atomic E-state index is -0.492. The SMILES string of the molecule is CCOC(=O)c1cn(Cc2ccc(OC)cc2)c2c(=O)[nH]cnc12. The Hall–Kier alpha value is -3.09. The van der Waals surface area contributed by atoms with Crippen LogP contribution in [0.5, 0.6) is 5.75 Å². The largest absolute Gasteiger partial charge is 0.497 e. The number of hydrogen-bond acceptors (Lipinski definition) is 5. The van der Waals surface area contributed by atoms with Gasteiger partial charge in [0.1, 0.15) is 22.3 Å². The Balaban J connectivity index is 2.06. The summed E-state index contributed by atoms with van der Waals surface area (Å²) in [6.45, 7) is 2.41. The van der Waals surface area contributed by atoms with Crippen molar-refractivity contribution in [3.05, 3.63) is 58.3 Å². The predicted octanol–water partition coefficient (Wildman–Crippen LogP) is 1.96. The third-order valence-electron chi connectivity index (χ3n) is 3.66. The molecular weight excluding hydrogens is 310 g/mol. The maximum atomic E-state index is 12.2. The number of aromatic nitrogens is 3. The van der Waals surface area contributed by atoms with Crippen LogP contribution in [0.3, 0.4) is 0 Å². The number of fused-ring (bicyclic) bond motifs is 1. The molecule has 3 rings (SSSR count). The summed E-state index contributed by atoms with van der Waals surface area (Å²) in [4.78, 5) is 31.0. The molecule has 7 nitrogen and oxygen atoms in total. The van der Waals surface area contributed by atoms with Crippen molar-refractivity contribution in [3.8, 4) is 5.75 Å². The van der Waals surface area contributed by atoms with Crippen LogP contribution in [0.25, 0.3) is 11.0 Å². The summed E-state index contributed by atoms with van der Waals surface area (Å²) in [5.74, 6) is 0.261. The van der Waals surface area contributed by atoms with Gasteiger partial charge in [-0.1, -0.05) is 12.1 Å². The van der Waals surface area contributed by atoms with E-state index in [0.29, 0.717) is 17.6 Å². The Labute approximate surface area is 137 Å². The van der Waals surface area contributed by atoms with Crippen molar-refractivity contribution >= 4 is 17.0 Å². The van der Waals surface area contributed by atoms with Crippen molar-refractivity contribution in [1.29, 1.82) is 0 Å². The van der Waals surface area contributed by atoms with Crippen LogP contribution in [0.15, 0.2) is 41.6 Å². The Morgan fingerprint density at radius 2 is 2.04 bits per heavy atom. The highest BCUT2D eigenvalue weighted by Gasteiger charge is 2.19. The number of hydrogen-bond donors (Lipinski definition) is 1. The van der Waals surface area contributed by atoms with Crippen molar-refractivity contribution in [2.45, 2.75) is 13.5 Å². The van der Waals surface area contributed by atoms with E-state index in [1.54, 1.807) is 24.8 Å². The number of carbonyl (C=O) groups is 1. The molecule has 7 heteroatoms. The number of benzene rings is 1. The lowest BCUT2D eigenvalue weighted by atomic mass is 10.2. The molecule has 24 heavy (non-hydrogen) atoms. The Morgan fingerprint density at radius 1 is 1.29 bits per heavy atom. The summed E-state index contributed by atoms with van der Waals surface area (Å²) < 4.78 is 11.9. The first-order valence-corrected chi connectivity index (χ1v) is 7.50. The van der Waals surface area contributed by atoms with Crippen molar-refractivity contribution in [1.82, 2.24) is 14.5 Å². The van der Waals surface area contributed by atoms with E-state index in [9.17, 15) is 9.59 Å². The number of esters is 1. The first-order chi connectivity index (χ1) is 11.6. The van der Waals surface area contributed by atoms with Gasteiger partial charge < -0.3 is 19.0 Å². The summed E-state index contributed by atoms with van der Waals surface area (Å²) in [6, 6.07) is 7.49. The highest BCUT2D eigenvalue weighted by atomic mass is 16.5. The lowest BCUT2D eigenvalue weighted by Crippen LogP contribution is -2.11. The van der Waals surface area contributed by atoms with Gasteiger partial charge >= 0.3 is 5.97 Å². The number of nitrogens with one attached hydrogen (secondary N) is 1. The van der Waals surface area contributed by atoms with Crippen molar-refractivity contribution in [3.63, 3.8) is 0 Å². The second-order valence-electron chi connectivity index (χ2n) is 5.17. The molecule has 0 fully saturated rings. The molecule has 0 bridgehead atoms. The zero-order chi connectivity index (χ0) is 17.1. The fourth-order valence-electron chi connectivity index (χ4n) is 2.55. The van der Waals surface area contributed by atoms with E-state index in [1.807, 2.05) is 24.3 Å². The Kier molecular flexibility index (Phi) is 4.33. The number of carbonyl (C=O) groups excluding carboxylic acids is 1. The average Bonchev–Trinajstić information content (AvgIpc) is 2.96. The van der Waals surface area contributed by atoms with Gasteiger partial charge in [0.15, 0.2) is 0 Å². The molecule has 0 aliphatic rings. The summed E-state index contributed by atoms with van der Waals surface area (Å²) >= 11 is 0. The van der Waals surface area contributed by atoms with Crippen LogP contribution in [0.2, 0.25) is 0 Å². The number of methoxy groups -OCH3 is 1. The summed E-state index contributed by atoms with van der Waals surface area (Å²) in [5.41, 5.74) is 1.63. The third-order valence-corrected chi connectivity index (χ3v) is 3.66. The van der Waals surface area contributed by atoms with Crippen LogP contribution in [0, 0.1) is 0 Å². The van der Waals surface area contributed by atoms with E-state index in [1.165, 1.54) is 6.33 Å². The highest BCUT2D eigenvalue weighted by molar-refractivity contribution is 6.02. The minimum absolute atomic E-state index is 0.257. The maximum absolute atomic E-state index is 12.2. The standard InChI is InChI=1S/C17H17N3O4/c1-3-24-17(22)13-9-20(15-14(13)18-10-19-16(15)21)8-11-4-6-12(23-2)7-5-11/h4-7,9-10H,3,8H2,1-2H3,(H,18,19,21). The molecule has 2 heterocycles. The molecule has 0 aliphatic heterocycles. The van der Waals surface area contributed by atoms with Gasteiger partial charge in [0.2, 0.25) is 0 Å². The quantitative estimate of drug-likeness (QED) is 0.724. The number of H-pyrrole nitrogens is 1. The molecular formula is C17H17N3O4. The van der Waals surface area contributed by atoms with Crippen molar-refractivity contribution < 1.29 is 14.3 Å². The smallest absolute Gasteiger partial charge is 0.341 e. The number of rotatable bonds is 5. The molecule has 0 saturated carbocycles. The summed E-state index contributed by atoms with van der Waals surface area (Å²) in [5, 5.41) is 0. The van der Waals surface area contributed by atoms with E-state index in [0.717, 1.165) is 11.3 Å². The van der Waals surface area contributed by atoms with Gasteiger partial charge in [0, 0.05) is 12.7 Å². The second kappa shape index (κ2) is 6.57.